The standard InChI is InChI=1S/C30H28FN5O4.C2H6/c1-30(2,3)40-29(38)34-14-5-15-39-25-17-21(9-11-23(25)20-7-8-22(18-32)24(31)16-20)28(37)36-26-12-10-19-6-4-13-33-27(19)35-26;1-2/h4,6-13,16-17H,5,14-15H2,1-3H3,(H,34,38)(H,33,35,36,37);1-2H3. The van der Waals surface area contributed by atoms with Crippen LogP contribution in [0, 0.1) is 17.1 Å². The molecule has 9 nitrogen and oxygen atoms in total. The van der Waals surface area contributed by atoms with E-state index < -0.39 is 23.4 Å². The Morgan fingerprint density at radius 3 is 2.55 bits per heavy atom. The molecule has 0 unspecified atom stereocenters. The Morgan fingerprint density at radius 2 is 1.83 bits per heavy atom. The Labute approximate surface area is 244 Å². The monoisotopic (exact) mass is 571 g/mol. The maximum atomic E-state index is 14.4. The zero-order valence-corrected chi connectivity index (χ0v) is 24.3. The molecule has 0 aliphatic rings. The first-order chi connectivity index (χ1) is 20.1. The smallest absolute Gasteiger partial charge is 0.407 e. The van der Waals surface area contributed by atoms with E-state index in [4.69, 9.17) is 14.7 Å². The second-order valence-corrected chi connectivity index (χ2v) is 9.85. The minimum atomic E-state index is -0.662. The number of anilines is 1. The second kappa shape index (κ2) is 14.6. The summed E-state index contributed by atoms with van der Waals surface area (Å²) in [5.41, 5.74) is 1.13. The van der Waals surface area contributed by atoms with Gasteiger partial charge in [0.1, 0.15) is 29.1 Å². The minimum absolute atomic E-state index is 0.0761. The van der Waals surface area contributed by atoms with Crippen molar-refractivity contribution in [1.82, 2.24) is 15.3 Å². The Kier molecular flexibility index (Phi) is 10.9. The lowest BCUT2D eigenvalue weighted by Gasteiger charge is -2.19. The number of amides is 2. The van der Waals surface area contributed by atoms with Crippen molar-refractivity contribution in [1.29, 1.82) is 5.26 Å². The summed E-state index contributed by atoms with van der Waals surface area (Å²) < 4.78 is 25.6. The average molecular weight is 572 g/mol. The number of alkyl carbamates (subject to hydrolysis) is 1. The van der Waals surface area contributed by atoms with Crippen molar-refractivity contribution in [3.63, 3.8) is 0 Å². The van der Waals surface area contributed by atoms with Crippen LogP contribution in [0.15, 0.2) is 66.9 Å². The molecular weight excluding hydrogens is 537 g/mol. The summed E-state index contributed by atoms with van der Waals surface area (Å²) >= 11 is 0. The number of nitrogens with one attached hydrogen (secondary N) is 2. The topological polar surface area (TPSA) is 126 Å². The number of nitriles is 1. The van der Waals surface area contributed by atoms with E-state index in [2.05, 4.69) is 20.6 Å². The number of ether oxygens (including phenoxy) is 2. The van der Waals surface area contributed by atoms with Crippen molar-refractivity contribution < 1.29 is 23.5 Å². The highest BCUT2D eigenvalue weighted by molar-refractivity contribution is 6.04. The number of benzene rings is 2. The lowest BCUT2D eigenvalue weighted by atomic mass is 10.0. The molecule has 2 aromatic heterocycles. The van der Waals surface area contributed by atoms with Crippen LogP contribution >= 0.6 is 0 Å². The van der Waals surface area contributed by atoms with Gasteiger partial charge in [0.05, 0.1) is 12.2 Å². The van der Waals surface area contributed by atoms with Crippen LogP contribution in [0.25, 0.3) is 22.2 Å². The third kappa shape index (κ3) is 8.73. The molecule has 4 rings (SSSR count). The highest BCUT2D eigenvalue weighted by Gasteiger charge is 2.17. The molecule has 0 aliphatic carbocycles. The van der Waals surface area contributed by atoms with E-state index in [0.717, 1.165) is 5.39 Å². The number of halogens is 1. The lowest BCUT2D eigenvalue weighted by Crippen LogP contribution is -2.33. The van der Waals surface area contributed by atoms with Crippen LogP contribution in [0.1, 0.15) is 57.0 Å². The number of nitrogens with zero attached hydrogens (tertiary/aromatic N) is 3. The van der Waals surface area contributed by atoms with Crippen LogP contribution in [0.2, 0.25) is 0 Å². The summed E-state index contributed by atoms with van der Waals surface area (Å²) in [6.07, 6.45) is 1.54. The molecule has 0 saturated carbocycles. The molecule has 0 atom stereocenters. The van der Waals surface area contributed by atoms with Gasteiger partial charge in [-0.2, -0.15) is 5.26 Å². The van der Waals surface area contributed by atoms with Gasteiger partial charge in [0, 0.05) is 29.3 Å². The molecule has 218 valence electrons. The molecular formula is C32H34FN5O4. The Balaban J connectivity index is 0.00000237. The first kappa shape index (κ1) is 31.5. The van der Waals surface area contributed by atoms with E-state index in [1.54, 1.807) is 69.4 Å². The fraction of sp³-hybridized carbons (Fsp3) is 0.281. The number of rotatable bonds is 8. The lowest BCUT2D eigenvalue weighted by molar-refractivity contribution is 0.0525. The van der Waals surface area contributed by atoms with Gasteiger partial charge in [-0.05, 0) is 87.4 Å². The molecule has 0 fully saturated rings. The normalized spacial score (nSPS) is 10.6. The van der Waals surface area contributed by atoms with Gasteiger partial charge in [-0.15, -0.1) is 0 Å². The number of fused-ring (bicyclic) bond motifs is 1. The zero-order chi connectivity index (χ0) is 30.7. The molecule has 0 spiro atoms. The SMILES string of the molecule is CC.CC(C)(C)OC(=O)NCCCOc1cc(C(=O)Nc2ccc3cccnc3n2)ccc1-c1ccc(C#N)c(F)c1. The maximum Gasteiger partial charge on any atom is 0.407 e. The van der Waals surface area contributed by atoms with Gasteiger partial charge < -0.3 is 20.1 Å². The Bertz CT molecular complexity index is 1590. The molecule has 0 aliphatic heterocycles. The van der Waals surface area contributed by atoms with Gasteiger partial charge in [0.25, 0.3) is 5.91 Å². The summed E-state index contributed by atoms with van der Waals surface area (Å²) in [4.78, 5) is 33.5. The molecule has 0 saturated heterocycles. The van der Waals surface area contributed by atoms with Crippen molar-refractivity contribution >= 4 is 28.9 Å². The molecule has 2 amide bonds. The number of hydrogen-bond donors (Lipinski definition) is 2. The molecule has 10 heteroatoms. The molecule has 4 aromatic rings. The van der Waals surface area contributed by atoms with Gasteiger partial charge in [-0.3, -0.25) is 4.79 Å². The fourth-order valence-electron chi connectivity index (χ4n) is 3.76. The van der Waals surface area contributed by atoms with Crippen molar-refractivity contribution in [3.05, 3.63) is 83.8 Å². The van der Waals surface area contributed by atoms with Crippen LogP contribution in [0.3, 0.4) is 0 Å². The van der Waals surface area contributed by atoms with Crippen molar-refractivity contribution in [3.8, 4) is 22.9 Å². The molecule has 2 heterocycles. The Hall–Kier alpha value is -5.04. The van der Waals surface area contributed by atoms with Gasteiger partial charge in [0.2, 0.25) is 0 Å². The average Bonchev–Trinajstić information content (AvgIpc) is 2.97. The predicted octanol–water partition coefficient (Wildman–Crippen LogP) is 6.88. The number of pyridine rings is 2. The van der Waals surface area contributed by atoms with E-state index in [0.29, 0.717) is 46.9 Å². The Morgan fingerprint density at radius 1 is 1.05 bits per heavy atom. The van der Waals surface area contributed by atoms with E-state index in [1.807, 2.05) is 26.0 Å². The molecule has 42 heavy (non-hydrogen) atoms. The quantitative estimate of drug-likeness (QED) is 0.221. The van der Waals surface area contributed by atoms with Gasteiger partial charge in [0.15, 0.2) is 5.65 Å². The predicted molar refractivity (Wildman–Crippen MR) is 160 cm³/mol. The fourth-order valence-corrected chi connectivity index (χ4v) is 3.76. The molecule has 0 bridgehead atoms. The zero-order valence-electron chi connectivity index (χ0n) is 24.3. The molecule has 0 radical (unpaired) electrons. The van der Waals surface area contributed by atoms with Crippen molar-refractivity contribution in [2.75, 3.05) is 18.5 Å². The van der Waals surface area contributed by atoms with Crippen LogP contribution in [0.5, 0.6) is 5.75 Å². The van der Waals surface area contributed by atoms with E-state index in [-0.39, 0.29) is 12.2 Å². The molecule has 2 aromatic carbocycles. The second-order valence-electron chi connectivity index (χ2n) is 9.85. The van der Waals surface area contributed by atoms with Crippen LogP contribution < -0.4 is 15.4 Å². The highest BCUT2D eigenvalue weighted by atomic mass is 19.1. The van der Waals surface area contributed by atoms with Gasteiger partial charge in [-0.1, -0.05) is 19.9 Å². The van der Waals surface area contributed by atoms with E-state index >= 15 is 0 Å². The summed E-state index contributed by atoms with van der Waals surface area (Å²) in [5, 5.41) is 15.3. The van der Waals surface area contributed by atoms with Crippen LogP contribution in [-0.2, 0) is 4.74 Å². The third-order valence-corrected chi connectivity index (χ3v) is 5.60. The summed E-state index contributed by atoms with van der Waals surface area (Å²) in [6.45, 7) is 9.83. The first-order valence-corrected chi connectivity index (χ1v) is 13.6. The minimum Gasteiger partial charge on any atom is -0.493 e. The maximum absolute atomic E-state index is 14.4. The van der Waals surface area contributed by atoms with E-state index in [1.165, 1.54) is 12.1 Å². The number of carbonyl (C=O) groups is 2. The summed E-state index contributed by atoms with van der Waals surface area (Å²) in [6, 6.07) is 18.0. The van der Waals surface area contributed by atoms with Gasteiger partial charge >= 0.3 is 6.09 Å². The van der Waals surface area contributed by atoms with Crippen LogP contribution in [-0.4, -0.2) is 40.7 Å². The first-order valence-electron chi connectivity index (χ1n) is 13.6. The number of hydrogen-bond acceptors (Lipinski definition) is 7. The van der Waals surface area contributed by atoms with Crippen molar-refractivity contribution in [2.24, 2.45) is 0 Å². The third-order valence-electron chi connectivity index (χ3n) is 5.60. The summed E-state index contributed by atoms with van der Waals surface area (Å²) in [7, 11) is 0. The van der Waals surface area contributed by atoms with E-state index in [9.17, 15) is 14.0 Å². The number of carbonyl (C=O) groups excluding carboxylic acids is 2. The van der Waals surface area contributed by atoms with Crippen molar-refractivity contribution in [2.45, 2.75) is 46.6 Å². The largest absolute Gasteiger partial charge is 0.493 e. The van der Waals surface area contributed by atoms with Gasteiger partial charge in [-0.25, -0.2) is 19.2 Å². The van der Waals surface area contributed by atoms with Crippen LogP contribution in [0.4, 0.5) is 15.0 Å². The molecule has 2 N–H and O–H groups in total. The summed E-state index contributed by atoms with van der Waals surface area (Å²) in [5.74, 6) is -0.408. The number of aromatic nitrogens is 2. The highest BCUT2D eigenvalue weighted by Crippen LogP contribution is 2.32.